The van der Waals surface area contributed by atoms with Crippen molar-refractivity contribution in [1.29, 1.82) is 0 Å². The van der Waals surface area contributed by atoms with Gasteiger partial charge in [0.05, 0.1) is 22.4 Å². The van der Waals surface area contributed by atoms with Crippen molar-refractivity contribution in [2.24, 2.45) is 0 Å². The average molecular weight is 785 g/mol. The second-order valence-corrected chi connectivity index (χ2v) is 13.5. The number of hydrogen-bond acceptors (Lipinski definition) is 11. The van der Waals surface area contributed by atoms with Crippen molar-refractivity contribution in [1.82, 2.24) is 35.3 Å². The highest BCUT2D eigenvalue weighted by molar-refractivity contribution is 6.25. The highest BCUT2D eigenvalue weighted by Gasteiger charge is 2.45. The summed E-state index contributed by atoms with van der Waals surface area (Å²) in [5, 5.41) is 20.7. The van der Waals surface area contributed by atoms with Gasteiger partial charge in [-0.2, -0.15) is 0 Å². The fourth-order valence-corrected chi connectivity index (χ4v) is 6.33. The van der Waals surface area contributed by atoms with E-state index < -0.39 is 70.3 Å². The Labute approximate surface area is 324 Å². The van der Waals surface area contributed by atoms with E-state index in [1.165, 1.54) is 12.1 Å². The molecule has 2 aromatic heterocycles. The highest BCUT2D eigenvalue weighted by atomic mass is 19.1. The smallest absolute Gasteiger partial charge is 0.264 e. The van der Waals surface area contributed by atoms with E-state index in [0.29, 0.717) is 42.7 Å². The largest absolute Gasteiger partial charge is 0.384 e. The number of nitrogens with one attached hydrogen (secondary N) is 5. The zero-order chi connectivity index (χ0) is 40.8. The summed E-state index contributed by atoms with van der Waals surface area (Å²) in [6, 6.07) is 9.79. The van der Waals surface area contributed by atoms with Gasteiger partial charge in [-0.1, -0.05) is 12.1 Å². The summed E-state index contributed by atoms with van der Waals surface area (Å²) >= 11 is 0. The Morgan fingerprint density at radius 1 is 0.895 bits per heavy atom. The Balaban J connectivity index is 0.936. The number of fused-ring (bicyclic) bond motifs is 1. The van der Waals surface area contributed by atoms with Crippen LogP contribution in [-0.4, -0.2) is 85.1 Å². The molecule has 296 valence electrons. The first-order valence-corrected chi connectivity index (χ1v) is 18.1. The molecule has 2 aromatic carbocycles. The molecule has 7 amide bonds. The number of pyridine rings is 1. The van der Waals surface area contributed by atoms with Gasteiger partial charge in [0.2, 0.25) is 23.6 Å². The van der Waals surface area contributed by atoms with E-state index in [1.54, 1.807) is 35.2 Å². The normalized spacial score (nSPS) is 15.0. The third kappa shape index (κ3) is 8.98. The quantitative estimate of drug-likeness (QED) is 0.0865. The lowest BCUT2D eigenvalue weighted by atomic mass is 10.0. The molecule has 0 saturated carbocycles. The van der Waals surface area contributed by atoms with Crippen LogP contribution >= 0.6 is 0 Å². The number of benzene rings is 2. The van der Waals surface area contributed by atoms with Crippen molar-refractivity contribution >= 4 is 58.5 Å². The van der Waals surface area contributed by atoms with Crippen LogP contribution in [0.25, 0.3) is 11.5 Å². The van der Waals surface area contributed by atoms with Gasteiger partial charge in [-0.3, -0.25) is 43.8 Å². The van der Waals surface area contributed by atoms with Crippen LogP contribution in [0.1, 0.15) is 89.5 Å². The molecule has 2 aliphatic heterocycles. The first-order valence-electron chi connectivity index (χ1n) is 18.1. The summed E-state index contributed by atoms with van der Waals surface area (Å²) < 4.78 is 31.1. The Kier molecular flexibility index (Phi) is 12.0. The van der Waals surface area contributed by atoms with Gasteiger partial charge in [-0.25, -0.2) is 13.8 Å². The summed E-state index contributed by atoms with van der Waals surface area (Å²) in [7, 11) is 0. The maximum Gasteiger partial charge on any atom is 0.264 e. The molecule has 1 unspecified atom stereocenters. The molecular formula is C38H38F2N10O7. The summed E-state index contributed by atoms with van der Waals surface area (Å²) in [6.45, 7) is 4.51. The number of unbranched alkanes of at least 4 members (excludes halogenated alkanes) is 1. The lowest BCUT2D eigenvalue weighted by Gasteiger charge is -2.27. The van der Waals surface area contributed by atoms with Crippen LogP contribution < -0.4 is 26.6 Å². The molecule has 5 N–H and O–H groups in total. The average Bonchev–Trinajstić information content (AvgIpc) is 3.77. The molecule has 19 heteroatoms. The van der Waals surface area contributed by atoms with Crippen LogP contribution in [0.15, 0.2) is 54.9 Å². The minimum atomic E-state index is -1.17. The van der Waals surface area contributed by atoms with Crippen LogP contribution in [0.2, 0.25) is 0 Å². The van der Waals surface area contributed by atoms with Gasteiger partial charge in [-0.15, -0.1) is 10.2 Å². The molecule has 4 aromatic rings. The molecular weight excluding hydrogens is 746 g/mol. The number of anilines is 3. The third-order valence-electron chi connectivity index (χ3n) is 9.21. The number of nitrogens with zero attached hydrogens (tertiary/aromatic N) is 5. The van der Waals surface area contributed by atoms with E-state index in [0.717, 1.165) is 11.0 Å². The molecule has 4 heterocycles. The Hall–Kier alpha value is -6.92. The van der Waals surface area contributed by atoms with Crippen molar-refractivity contribution < 1.29 is 42.3 Å². The molecule has 0 bridgehead atoms. The van der Waals surface area contributed by atoms with E-state index in [1.807, 2.05) is 13.8 Å². The molecule has 0 radical (unpaired) electrons. The molecule has 1 saturated heterocycles. The fraction of sp³-hybridized carbons (Fsp3) is 0.316. The first kappa shape index (κ1) is 39.8. The van der Waals surface area contributed by atoms with Crippen LogP contribution in [0.5, 0.6) is 0 Å². The Morgan fingerprint density at radius 3 is 2.42 bits per heavy atom. The minimum absolute atomic E-state index is 0.0132. The number of aromatic nitrogens is 4. The number of amides is 7. The van der Waals surface area contributed by atoms with Crippen LogP contribution in [0.3, 0.4) is 0 Å². The van der Waals surface area contributed by atoms with Crippen LogP contribution in [0.4, 0.5) is 26.0 Å². The number of carbonyl (C=O) groups is 7. The molecule has 17 nitrogen and oxygen atoms in total. The van der Waals surface area contributed by atoms with Crippen molar-refractivity contribution in [3.8, 4) is 11.5 Å². The van der Waals surface area contributed by atoms with E-state index >= 15 is 0 Å². The van der Waals surface area contributed by atoms with Gasteiger partial charge in [0.1, 0.15) is 35.5 Å². The maximum absolute atomic E-state index is 14.7. The van der Waals surface area contributed by atoms with Crippen LogP contribution in [0, 0.1) is 11.6 Å². The van der Waals surface area contributed by atoms with Gasteiger partial charge in [0.25, 0.3) is 17.7 Å². The fourth-order valence-electron chi connectivity index (χ4n) is 6.33. The number of hydrogen-bond donors (Lipinski definition) is 5. The second-order valence-electron chi connectivity index (χ2n) is 13.5. The van der Waals surface area contributed by atoms with Crippen molar-refractivity contribution in [2.75, 3.05) is 29.0 Å². The molecule has 2 aliphatic rings. The lowest BCUT2D eigenvalue weighted by Crippen LogP contribution is -2.54. The highest BCUT2D eigenvalue weighted by Crippen LogP contribution is 2.32. The summed E-state index contributed by atoms with van der Waals surface area (Å²) in [4.78, 5) is 93.4. The lowest BCUT2D eigenvalue weighted by molar-refractivity contribution is -0.136. The second kappa shape index (κ2) is 17.3. The monoisotopic (exact) mass is 784 g/mol. The van der Waals surface area contributed by atoms with E-state index in [9.17, 15) is 42.3 Å². The first-order chi connectivity index (χ1) is 27.3. The van der Waals surface area contributed by atoms with Gasteiger partial charge in [-0.05, 0) is 63.4 Å². The molecule has 1 fully saturated rings. The number of piperidine rings is 1. The van der Waals surface area contributed by atoms with Gasteiger partial charge < -0.3 is 25.8 Å². The number of rotatable bonds is 15. The van der Waals surface area contributed by atoms with Crippen LogP contribution in [-0.2, 0) is 19.2 Å². The molecule has 0 spiro atoms. The number of imide groups is 2. The summed E-state index contributed by atoms with van der Waals surface area (Å²) in [5.41, 5.74) is 0.0977. The molecule has 1 atom stereocenters. The zero-order valence-corrected chi connectivity index (χ0v) is 30.9. The Bertz CT molecular complexity index is 2280. The van der Waals surface area contributed by atoms with E-state index in [-0.39, 0.29) is 55.2 Å². The maximum atomic E-state index is 14.7. The van der Waals surface area contributed by atoms with E-state index in [4.69, 9.17) is 0 Å². The number of halogens is 2. The van der Waals surface area contributed by atoms with E-state index in [2.05, 4.69) is 41.8 Å². The third-order valence-corrected chi connectivity index (χ3v) is 9.21. The van der Waals surface area contributed by atoms with Crippen molar-refractivity contribution in [3.63, 3.8) is 0 Å². The standard InChI is InChI=1S/C38H38F2N10O7/c1-20(2)49-19-43-48-34(49)26-9-6-10-29(44-26)46-35(54)22-17-27(24(40)18-23(22)39)45-31(52)14-13-30(51)42-16-4-3-15-41-25-8-5-7-21-33(25)38(57)50(37(21)56)28-11-12-32(53)47-36(28)55/h5-10,17-20,28,41H,3-4,11-16H2,1-2H3,(H,42,51)(H,45,52)(H,44,46,54)(H,47,53,55). The topological polar surface area (TPSA) is 226 Å². The zero-order valence-electron chi connectivity index (χ0n) is 30.9. The SMILES string of the molecule is CC(C)n1cnnc1-c1cccc(NC(=O)c2cc(NC(=O)CCC(=O)NCCCCNc3cccc4c3C(=O)N(C3CCC(=O)NC3=O)C4=O)c(F)cc2F)n1. The number of carbonyl (C=O) groups excluding carboxylic acids is 7. The summed E-state index contributed by atoms with van der Waals surface area (Å²) in [5.74, 6) is -6.29. The van der Waals surface area contributed by atoms with Gasteiger partial charge >= 0.3 is 0 Å². The van der Waals surface area contributed by atoms with Crippen molar-refractivity contribution in [2.45, 2.75) is 64.5 Å². The molecule has 57 heavy (non-hydrogen) atoms. The van der Waals surface area contributed by atoms with Gasteiger partial charge in [0.15, 0.2) is 5.82 Å². The minimum Gasteiger partial charge on any atom is -0.384 e. The molecule has 0 aliphatic carbocycles. The van der Waals surface area contributed by atoms with Crippen molar-refractivity contribution in [3.05, 3.63) is 83.2 Å². The summed E-state index contributed by atoms with van der Waals surface area (Å²) in [6.07, 6.45) is 2.10. The molecule has 6 rings (SSSR count). The Morgan fingerprint density at radius 2 is 1.65 bits per heavy atom. The predicted octanol–water partition coefficient (Wildman–Crippen LogP) is 3.58. The predicted molar refractivity (Wildman–Crippen MR) is 200 cm³/mol. The van der Waals surface area contributed by atoms with Gasteiger partial charge in [0, 0.05) is 50.1 Å².